The van der Waals surface area contributed by atoms with E-state index in [1.807, 2.05) is 55.5 Å². The molecule has 3 aromatic heterocycles. The molecule has 2 N–H and O–H groups in total. The first-order valence-corrected chi connectivity index (χ1v) is 11.9. The summed E-state index contributed by atoms with van der Waals surface area (Å²) in [6.45, 7) is 5.17. The number of pyridine rings is 1. The van der Waals surface area contributed by atoms with Crippen molar-refractivity contribution in [1.29, 1.82) is 0 Å². The third kappa shape index (κ3) is 4.48. The second-order valence-corrected chi connectivity index (χ2v) is 8.80. The van der Waals surface area contributed by atoms with E-state index in [1.165, 1.54) is 0 Å². The van der Waals surface area contributed by atoms with Crippen LogP contribution < -0.4 is 10.9 Å². The molecule has 1 unspecified atom stereocenters. The number of para-hydroxylation sites is 1. The van der Waals surface area contributed by atoms with Crippen LogP contribution in [0.1, 0.15) is 47.2 Å². The molecule has 2 aromatic carbocycles. The Hall–Kier alpha value is -4.74. The molecule has 8 heteroatoms. The highest BCUT2D eigenvalue weighted by molar-refractivity contribution is 6.01. The van der Waals surface area contributed by atoms with Crippen molar-refractivity contribution < 1.29 is 9.90 Å². The SMILES string of the molecule is Cc1nn2cccnc2c1C(=O)NC(C)c1cc2cccc(C#C[C@@H](C)O)c2c(=O)n1-c1ccccc1. The molecule has 5 aromatic rings. The average molecular weight is 492 g/mol. The maximum atomic E-state index is 14.0. The number of benzene rings is 2. The minimum absolute atomic E-state index is 0.260. The monoisotopic (exact) mass is 491 g/mol. The number of aliphatic hydroxyl groups excluding tert-OH is 1. The van der Waals surface area contributed by atoms with Crippen LogP contribution in [0.2, 0.25) is 0 Å². The summed E-state index contributed by atoms with van der Waals surface area (Å²) in [6.07, 6.45) is 2.54. The maximum absolute atomic E-state index is 14.0. The van der Waals surface area contributed by atoms with E-state index in [0.29, 0.717) is 44.6 Å². The number of nitrogens with one attached hydrogen (secondary N) is 1. The van der Waals surface area contributed by atoms with Crippen LogP contribution in [0.3, 0.4) is 0 Å². The minimum Gasteiger partial charge on any atom is -0.381 e. The van der Waals surface area contributed by atoms with Gasteiger partial charge in [-0.1, -0.05) is 42.2 Å². The molecule has 0 aliphatic rings. The Labute approximate surface area is 213 Å². The van der Waals surface area contributed by atoms with Crippen molar-refractivity contribution in [3.05, 3.63) is 106 Å². The van der Waals surface area contributed by atoms with Crippen LogP contribution in [0.5, 0.6) is 0 Å². The normalized spacial score (nSPS) is 12.6. The number of aliphatic hydroxyl groups is 1. The molecule has 184 valence electrons. The van der Waals surface area contributed by atoms with Gasteiger partial charge < -0.3 is 10.4 Å². The molecule has 0 saturated carbocycles. The number of carbonyl (C=O) groups excluding carboxylic acids is 1. The lowest BCUT2D eigenvalue weighted by Gasteiger charge is -2.21. The lowest BCUT2D eigenvalue weighted by Crippen LogP contribution is -2.32. The molecule has 0 bridgehead atoms. The average Bonchev–Trinajstić information content (AvgIpc) is 3.23. The fourth-order valence-corrected chi connectivity index (χ4v) is 4.44. The van der Waals surface area contributed by atoms with Gasteiger partial charge in [0.15, 0.2) is 5.65 Å². The van der Waals surface area contributed by atoms with Crippen molar-refractivity contribution >= 4 is 22.3 Å². The van der Waals surface area contributed by atoms with Crippen molar-refractivity contribution in [2.24, 2.45) is 0 Å². The summed E-state index contributed by atoms with van der Waals surface area (Å²) < 4.78 is 3.17. The van der Waals surface area contributed by atoms with E-state index >= 15 is 0 Å². The van der Waals surface area contributed by atoms with E-state index in [2.05, 4.69) is 27.2 Å². The second kappa shape index (κ2) is 9.72. The van der Waals surface area contributed by atoms with Crippen LogP contribution in [0.15, 0.2) is 77.9 Å². The van der Waals surface area contributed by atoms with Crippen LogP contribution in [0.4, 0.5) is 0 Å². The van der Waals surface area contributed by atoms with Gasteiger partial charge in [0.05, 0.1) is 17.1 Å². The van der Waals surface area contributed by atoms with Gasteiger partial charge in [0.1, 0.15) is 11.7 Å². The number of hydrogen-bond donors (Lipinski definition) is 2. The molecule has 0 aliphatic carbocycles. The quantitative estimate of drug-likeness (QED) is 0.375. The Balaban J connectivity index is 1.66. The highest BCUT2D eigenvalue weighted by Crippen LogP contribution is 2.24. The van der Waals surface area contributed by atoms with Gasteiger partial charge in [-0.2, -0.15) is 5.10 Å². The number of nitrogens with zero attached hydrogens (tertiary/aromatic N) is 4. The zero-order valence-corrected chi connectivity index (χ0v) is 20.6. The molecule has 37 heavy (non-hydrogen) atoms. The van der Waals surface area contributed by atoms with Crippen molar-refractivity contribution in [3.63, 3.8) is 0 Å². The van der Waals surface area contributed by atoms with Gasteiger partial charge in [-0.3, -0.25) is 14.2 Å². The lowest BCUT2D eigenvalue weighted by atomic mass is 10.0. The predicted octanol–water partition coefficient (Wildman–Crippen LogP) is 3.57. The molecule has 0 aliphatic heterocycles. The van der Waals surface area contributed by atoms with E-state index in [-0.39, 0.29) is 11.5 Å². The van der Waals surface area contributed by atoms with Crippen molar-refractivity contribution in [2.45, 2.75) is 32.9 Å². The third-order valence-electron chi connectivity index (χ3n) is 6.09. The number of rotatable bonds is 4. The van der Waals surface area contributed by atoms with E-state index in [4.69, 9.17) is 0 Å². The maximum Gasteiger partial charge on any atom is 0.264 e. The van der Waals surface area contributed by atoms with E-state index in [1.54, 1.807) is 47.5 Å². The third-order valence-corrected chi connectivity index (χ3v) is 6.09. The highest BCUT2D eigenvalue weighted by atomic mass is 16.3. The van der Waals surface area contributed by atoms with E-state index in [0.717, 1.165) is 0 Å². The van der Waals surface area contributed by atoms with E-state index in [9.17, 15) is 14.7 Å². The van der Waals surface area contributed by atoms with Crippen LogP contribution in [-0.4, -0.2) is 36.3 Å². The van der Waals surface area contributed by atoms with Crippen molar-refractivity contribution in [1.82, 2.24) is 24.5 Å². The fraction of sp³-hybridized carbons (Fsp3) is 0.172. The summed E-state index contributed by atoms with van der Waals surface area (Å²) in [4.78, 5) is 31.7. The second-order valence-electron chi connectivity index (χ2n) is 8.80. The molecule has 1 amide bonds. The number of amides is 1. The Kier molecular flexibility index (Phi) is 6.30. The molecule has 0 fully saturated rings. The van der Waals surface area contributed by atoms with Crippen LogP contribution in [-0.2, 0) is 0 Å². The molecular formula is C29H25N5O3. The summed E-state index contributed by atoms with van der Waals surface area (Å²) in [5, 5.41) is 18.2. The molecule has 0 radical (unpaired) electrons. The van der Waals surface area contributed by atoms with Crippen molar-refractivity contribution in [2.75, 3.05) is 0 Å². The Morgan fingerprint density at radius 3 is 2.62 bits per heavy atom. The number of aromatic nitrogens is 4. The van der Waals surface area contributed by atoms with Crippen LogP contribution >= 0.6 is 0 Å². The summed E-state index contributed by atoms with van der Waals surface area (Å²) in [6, 6.07) is 17.8. The van der Waals surface area contributed by atoms with Crippen LogP contribution in [0, 0.1) is 18.8 Å². The van der Waals surface area contributed by atoms with Gasteiger partial charge in [0, 0.05) is 29.3 Å². The number of carbonyl (C=O) groups is 1. The minimum atomic E-state index is -0.820. The first kappa shape index (κ1) is 24.0. The van der Waals surface area contributed by atoms with Gasteiger partial charge in [0.25, 0.3) is 11.5 Å². The molecular weight excluding hydrogens is 466 g/mol. The summed E-state index contributed by atoms with van der Waals surface area (Å²) >= 11 is 0. The van der Waals surface area contributed by atoms with E-state index < -0.39 is 12.1 Å². The number of fused-ring (bicyclic) bond motifs is 2. The lowest BCUT2D eigenvalue weighted by molar-refractivity contribution is 0.0939. The predicted molar refractivity (Wildman–Crippen MR) is 142 cm³/mol. The number of aryl methyl sites for hydroxylation is 1. The van der Waals surface area contributed by atoms with Gasteiger partial charge >= 0.3 is 0 Å². The fourth-order valence-electron chi connectivity index (χ4n) is 4.44. The van der Waals surface area contributed by atoms with Crippen molar-refractivity contribution in [3.8, 4) is 17.5 Å². The van der Waals surface area contributed by atoms with Crippen LogP contribution in [0.25, 0.3) is 22.1 Å². The molecule has 0 saturated heterocycles. The molecule has 8 nitrogen and oxygen atoms in total. The largest absolute Gasteiger partial charge is 0.381 e. The summed E-state index contributed by atoms with van der Waals surface area (Å²) in [5.74, 6) is 5.32. The molecule has 3 heterocycles. The molecule has 5 rings (SSSR count). The Bertz CT molecular complexity index is 1760. The zero-order chi connectivity index (χ0) is 26.1. The van der Waals surface area contributed by atoms with Gasteiger partial charge in [-0.15, -0.1) is 0 Å². The topological polar surface area (TPSA) is 102 Å². The smallest absolute Gasteiger partial charge is 0.264 e. The Morgan fingerprint density at radius 1 is 1.08 bits per heavy atom. The zero-order valence-electron chi connectivity index (χ0n) is 20.6. The van der Waals surface area contributed by atoms with Gasteiger partial charge in [-0.05, 0) is 56.5 Å². The number of hydrogen-bond acceptors (Lipinski definition) is 5. The molecule has 0 spiro atoms. The molecule has 2 atom stereocenters. The first-order valence-electron chi connectivity index (χ1n) is 11.9. The van der Waals surface area contributed by atoms with Gasteiger partial charge in [-0.25, -0.2) is 9.50 Å². The highest BCUT2D eigenvalue weighted by Gasteiger charge is 2.23. The summed E-state index contributed by atoms with van der Waals surface area (Å²) in [5.41, 5.74) is 2.96. The summed E-state index contributed by atoms with van der Waals surface area (Å²) in [7, 11) is 0. The standard InChI is InChI=1S/C29H25N5O3/c1-18(35)13-14-21-9-7-10-22-17-24(34(29(37)26(21)22)23-11-5-4-6-12-23)19(2)31-28(36)25-20(3)32-33-16-8-15-30-27(25)33/h4-12,15-19,35H,1-3H3,(H,31,36)/t18-,19?/m1/s1. The first-order chi connectivity index (χ1) is 17.8. The van der Waals surface area contributed by atoms with Gasteiger partial charge in [0.2, 0.25) is 0 Å². The Morgan fingerprint density at radius 2 is 1.86 bits per heavy atom.